The molecule has 0 radical (unpaired) electrons. The zero-order valence-corrected chi connectivity index (χ0v) is 20.0. The molecule has 2 heterocycles. The van der Waals surface area contributed by atoms with E-state index in [0.29, 0.717) is 17.5 Å². The molecule has 0 atom stereocenters. The van der Waals surface area contributed by atoms with Crippen molar-refractivity contribution < 1.29 is 14.3 Å². The maximum absolute atomic E-state index is 12.9. The normalized spacial score (nSPS) is 10.7. The fraction of sp³-hybridized carbons (Fsp3) is 0.200. The summed E-state index contributed by atoms with van der Waals surface area (Å²) >= 11 is 1.35. The summed E-state index contributed by atoms with van der Waals surface area (Å²) in [5.41, 5.74) is 2.76. The lowest BCUT2D eigenvalue weighted by atomic mass is 10.2. The van der Waals surface area contributed by atoms with Gasteiger partial charge in [-0.05, 0) is 54.1 Å². The van der Waals surface area contributed by atoms with Gasteiger partial charge in [-0.1, -0.05) is 23.9 Å². The Morgan fingerprint density at radius 2 is 1.71 bits per heavy atom. The highest BCUT2D eigenvalue weighted by Gasteiger charge is 2.19. The maximum Gasteiger partial charge on any atom is 0.233 e. The van der Waals surface area contributed by atoms with Gasteiger partial charge < -0.3 is 14.4 Å². The summed E-state index contributed by atoms with van der Waals surface area (Å²) in [5, 5.41) is 9.42. The molecule has 9 heteroatoms. The standard InChI is InChI=1S/C25H25N5O3S/c1-29(16-18-5-4-6-22(15-18)33-3)23(31)17-34-25-28-27-24(19-11-13-26-14-12-19)30(25)20-7-9-21(32-2)10-8-20/h4-15H,16-17H2,1-3H3. The summed E-state index contributed by atoms with van der Waals surface area (Å²) in [4.78, 5) is 18.7. The minimum atomic E-state index is -0.0115. The van der Waals surface area contributed by atoms with E-state index in [2.05, 4.69) is 15.2 Å². The van der Waals surface area contributed by atoms with Crippen LogP contribution in [0.4, 0.5) is 0 Å². The number of benzene rings is 2. The highest BCUT2D eigenvalue weighted by Crippen LogP contribution is 2.29. The summed E-state index contributed by atoms with van der Waals surface area (Å²) < 4.78 is 12.5. The van der Waals surface area contributed by atoms with Gasteiger partial charge in [0.15, 0.2) is 11.0 Å². The van der Waals surface area contributed by atoms with Crippen LogP contribution in [0.15, 0.2) is 78.2 Å². The number of pyridine rings is 1. The summed E-state index contributed by atoms with van der Waals surface area (Å²) in [7, 11) is 5.05. The van der Waals surface area contributed by atoms with Crippen molar-refractivity contribution in [3.63, 3.8) is 0 Å². The molecule has 0 N–H and O–H groups in total. The van der Waals surface area contributed by atoms with Gasteiger partial charge in [0.25, 0.3) is 0 Å². The predicted octanol–water partition coefficient (Wildman–Crippen LogP) is 4.10. The molecule has 0 bridgehead atoms. The smallest absolute Gasteiger partial charge is 0.233 e. The predicted molar refractivity (Wildman–Crippen MR) is 131 cm³/mol. The van der Waals surface area contributed by atoms with Crippen LogP contribution in [0.5, 0.6) is 11.5 Å². The molecule has 0 unspecified atom stereocenters. The number of aromatic nitrogens is 4. The molecule has 0 fully saturated rings. The van der Waals surface area contributed by atoms with E-state index in [1.165, 1.54) is 11.8 Å². The lowest BCUT2D eigenvalue weighted by molar-refractivity contribution is -0.127. The molecular weight excluding hydrogens is 450 g/mol. The maximum atomic E-state index is 12.9. The summed E-state index contributed by atoms with van der Waals surface area (Å²) in [6.45, 7) is 0.490. The van der Waals surface area contributed by atoms with Crippen LogP contribution < -0.4 is 9.47 Å². The van der Waals surface area contributed by atoms with Crippen molar-refractivity contribution in [1.82, 2.24) is 24.6 Å². The highest BCUT2D eigenvalue weighted by molar-refractivity contribution is 7.99. The Morgan fingerprint density at radius 1 is 0.971 bits per heavy atom. The number of nitrogens with zero attached hydrogens (tertiary/aromatic N) is 5. The van der Waals surface area contributed by atoms with Gasteiger partial charge in [-0.3, -0.25) is 14.3 Å². The third-order valence-corrected chi connectivity index (χ3v) is 6.12. The molecule has 8 nitrogen and oxygen atoms in total. The molecule has 0 aliphatic rings. The number of amides is 1. The van der Waals surface area contributed by atoms with E-state index in [4.69, 9.17) is 9.47 Å². The van der Waals surface area contributed by atoms with Crippen LogP contribution in [0.25, 0.3) is 17.1 Å². The lowest BCUT2D eigenvalue weighted by Crippen LogP contribution is -2.27. The molecule has 4 aromatic rings. The first-order chi connectivity index (χ1) is 16.6. The van der Waals surface area contributed by atoms with Crippen LogP contribution >= 0.6 is 11.8 Å². The van der Waals surface area contributed by atoms with Crippen molar-refractivity contribution >= 4 is 17.7 Å². The second-order valence-electron chi connectivity index (χ2n) is 7.47. The molecule has 4 rings (SSSR count). The van der Waals surface area contributed by atoms with Gasteiger partial charge in [-0.15, -0.1) is 10.2 Å². The number of methoxy groups -OCH3 is 2. The number of hydrogen-bond acceptors (Lipinski definition) is 7. The molecular formula is C25H25N5O3S. The Balaban J connectivity index is 1.54. The molecule has 2 aromatic heterocycles. The topological polar surface area (TPSA) is 82.4 Å². The van der Waals surface area contributed by atoms with Gasteiger partial charge in [0.2, 0.25) is 5.91 Å². The second kappa shape index (κ2) is 10.8. The quantitative estimate of drug-likeness (QED) is 0.337. The molecule has 2 aromatic carbocycles. The first-order valence-electron chi connectivity index (χ1n) is 10.6. The first kappa shape index (κ1) is 23.3. The van der Waals surface area contributed by atoms with E-state index in [1.807, 2.05) is 65.2 Å². The average molecular weight is 476 g/mol. The second-order valence-corrected chi connectivity index (χ2v) is 8.41. The Hall–Kier alpha value is -3.85. The van der Waals surface area contributed by atoms with Crippen molar-refractivity contribution in [3.8, 4) is 28.6 Å². The van der Waals surface area contributed by atoms with Crippen LogP contribution in [0.2, 0.25) is 0 Å². The largest absolute Gasteiger partial charge is 0.497 e. The summed E-state index contributed by atoms with van der Waals surface area (Å²) in [6.07, 6.45) is 3.43. The Labute approximate surface area is 202 Å². The van der Waals surface area contributed by atoms with Crippen LogP contribution in [-0.4, -0.2) is 57.6 Å². The molecule has 34 heavy (non-hydrogen) atoms. The number of ether oxygens (including phenoxy) is 2. The molecule has 0 spiro atoms. The van der Waals surface area contributed by atoms with Gasteiger partial charge in [-0.2, -0.15) is 0 Å². The third-order valence-electron chi connectivity index (χ3n) is 5.21. The lowest BCUT2D eigenvalue weighted by Gasteiger charge is -2.17. The van der Waals surface area contributed by atoms with Gasteiger partial charge >= 0.3 is 0 Å². The molecule has 0 saturated heterocycles. The molecule has 174 valence electrons. The zero-order valence-electron chi connectivity index (χ0n) is 19.2. The number of thioether (sulfide) groups is 1. The van der Waals surface area contributed by atoms with Crippen LogP contribution in [0, 0.1) is 0 Å². The summed E-state index contributed by atoms with van der Waals surface area (Å²) in [6, 6.07) is 19.1. The number of rotatable bonds is 9. The monoisotopic (exact) mass is 475 g/mol. The number of hydrogen-bond donors (Lipinski definition) is 0. The SMILES string of the molecule is COc1ccc(-n2c(SCC(=O)N(C)Cc3cccc(OC)c3)nnc2-c2ccncc2)cc1. The average Bonchev–Trinajstić information content (AvgIpc) is 3.31. The van der Waals surface area contributed by atoms with Crippen LogP contribution in [0.3, 0.4) is 0 Å². The molecule has 0 aliphatic heterocycles. The van der Waals surface area contributed by atoms with Crippen LogP contribution in [-0.2, 0) is 11.3 Å². The van der Waals surface area contributed by atoms with E-state index < -0.39 is 0 Å². The Bertz CT molecular complexity index is 1250. The molecule has 0 aliphatic carbocycles. The number of carbonyl (C=O) groups excluding carboxylic acids is 1. The van der Waals surface area contributed by atoms with Crippen molar-refractivity contribution in [2.45, 2.75) is 11.7 Å². The van der Waals surface area contributed by atoms with Gasteiger partial charge in [-0.25, -0.2) is 0 Å². The first-order valence-corrected chi connectivity index (χ1v) is 11.6. The van der Waals surface area contributed by atoms with E-state index >= 15 is 0 Å². The van der Waals surface area contributed by atoms with E-state index in [9.17, 15) is 4.79 Å². The fourth-order valence-electron chi connectivity index (χ4n) is 3.38. The van der Waals surface area contributed by atoms with E-state index in [-0.39, 0.29) is 11.7 Å². The van der Waals surface area contributed by atoms with Crippen LogP contribution in [0.1, 0.15) is 5.56 Å². The van der Waals surface area contributed by atoms with Crippen molar-refractivity contribution in [1.29, 1.82) is 0 Å². The van der Waals surface area contributed by atoms with Crippen molar-refractivity contribution in [2.24, 2.45) is 0 Å². The van der Waals surface area contributed by atoms with E-state index in [0.717, 1.165) is 28.3 Å². The molecule has 0 saturated carbocycles. The minimum Gasteiger partial charge on any atom is -0.497 e. The van der Waals surface area contributed by atoms with Gasteiger partial charge in [0, 0.05) is 37.2 Å². The Kier molecular flexibility index (Phi) is 7.44. The van der Waals surface area contributed by atoms with Crippen molar-refractivity contribution in [2.75, 3.05) is 27.0 Å². The summed E-state index contributed by atoms with van der Waals surface area (Å²) in [5.74, 6) is 2.41. The Morgan fingerprint density at radius 3 is 2.41 bits per heavy atom. The van der Waals surface area contributed by atoms with Gasteiger partial charge in [0.05, 0.1) is 20.0 Å². The third kappa shape index (κ3) is 5.37. The number of carbonyl (C=O) groups is 1. The highest BCUT2D eigenvalue weighted by atomic mass is 32.2. The molecule has 1 amide bonds. The fourth-order valence-corrected chi connectivity index (χ4v) is 4.28. The van der Waals surface area contributed by atoms with E-state index in [1.54, 1.807) is 38.6 Å². The van der Waals surface area contributed by atoms with Gasteiger partial charge in [0.1, 0.15) is 11.5 Å². The van der Waals surface area contributed by atoms with Crippen molar-refractivity contribution in [3.05, 3.63) is 78.6 Å². The zero-order chi connectivity index (χ0) is 23.9. The minimum absolute atomic E-state index is 0.0115.